The molecule has 1 saturated heterocycles. The summed E-state index contributed by atoms with van der Waals surface area (Å²) in [4.78, 5) is 11.5. The molecule has 1 aliphatic rings. The molecule has 0 radical (unpaired) electrons. The van der Waals surface area contributed by atoms with Crippen molar-refractivity contribution in [2.75, 3.05) is 19.6 Å². The molecule has 15 heavy (non-hydrogen) atoms. The van der Waals surface area contributed by atoms with E-state index in [1.807, 2.05) is 0 Å². The molecule has 2 N–H and O–H groups in total. The van der Waals surface area contributed by atoms with Crippen molar-refractivity contribution in [1.82, 2.24) is 10.6 Å². The second-order valence-electron chi connectivity index (χ2n) is 4.11. The molecule has 1 heterocycles. The molecule has 1 fully saturated rings. The summed E-state index contributed by atoms with van der Waals surface area (Å²) in [5.74, 6) is -0.295. The molecule has 0 aromatic rings. The minimum Gasteiger partial charge on any atom is -0.355 e. The van der Waals surface area contributed by atoms with Gasteiger partial charge in [-0.2, -0.15) is 13.2 Å². The van der Waals surface area contributed by atoms with E-state index in [4.69, 9.17) is 0 Å². The summed E-state index contributed by atoms with van der Waals surface area (Å²) < 4.78 is 35.4. The summed E-state index contributed by atoms with van der Waals surface area (Å²) in [5.41, 5.74) is -0.550. The van der Waals surface area contributed by atoms with Crippen LogP contribution < -0.4 is 10.6 Å². The Morgan fingerprint density at radius 1 is 1.53 bits per heavy atom. The number of carbonyl (C=O) groups is 1. The van der Waals surface area contributed by atoms with Gasteiger partial charge in [-0.1, -0.05) is 0 Å². The highest BCUT2D eigenvalue weighted by molar-refractivity contribution is 5.82. The van der Waals surface area contributed by atoms with Crippen molar-refractivity contribution < 1.29 is 18.0 Å². The monoisotopic (exact) mass is 224 g/mol. The summed E-state index contributed by atoms with van der Waals surface area (Å²) in [6.45, 7) is 2.70. The number of amides is 1. The van der Waals surface area contributed by atoms with E-state index >= 15 is 0 Å². The van der Waals surface area contributed by atoms with Crippen molar-refractivity contribution in [3.63, 3.8) is 0 Å². The maximum absolute atomic E-state index is 11.8. The molecular weight excluding hydrogens is 209 g/mol. The third-order valence-corrected chi connectivity index (χ3v) is 2.61. The minimum absolute atomic E-state index is 0.295. The summed E-state index contributed by atoms with van der Waals surface area (Å²) in [6, 6.07) is 0. The zero-order valence-electron chi connectivity index (χ0n) is 8.58. The van der Waals surface area contributed by atoms with Crippen molar-refractivity contribution in [3.05, 3.63) is 0 Å². The SMILES string of the molecule is CC1(C(=O)NCCC(F)(F)F)CCNC1. The second kappa shape index (κ2) is 4.38. The zero-order chi connectivity index (χ0) is 11.5. The largest absolute Gasteiger partial charge is 0.390 e. The normalized spacial score (nSPS) is 26.7. The number of hydrogen-bond donors (Lipinski definition) is 2. The molecule has 6 heteroatoms. The van der Waals surface area contributed by atoms with Gasteiger partial charge in [0.2, 0.25) is 5.91 Å². The Morgan fingerprint density at radius 2 is 2.20 bits per heavy atom. The average molecular weight is 224 g/mol. The van der Waals surface area contributed by atoms with Crippen LogP contribution in [0.2, 0.25) is 0 Å². The molecule has 0 aromatic heterocycles. The first-order valence-electron chi connectivity index (χ1n) is 4.89. The van der Waals surface area contributed by atoms with Crippen LogP contribution in [0.4, 0.5) is 13.2 Å². The van der Waals surface area contributed by atoms with Crippen LogP contribution in [0.15, 0.2) is 0 Å². The number of hydrogen-bond acceptors (Lipinski definition) is 2. The van der Waals surface area contributed by atoms with E-state index in [2.05, 4.69) is 10.6 Å². The van der Waals surface area contributed by atoms with E-state index in [0.717, 1.165) is 6.54 Å². The molecule has 1 aliphatic heterocycles. The predicted molar refractivity (Wildman–Crippen MR) is 49.3 cm³/mol. The van der Waals surface area contributed by atoms with Crippen LogP contribution in [0.1, 0.15) is 19.8 Å². The van der Waals surface area contributed by atoms with Gasteiger partial charge >= 0.3 is 6.18 Å². The van der Waals surface area contributed by atoms with Gasteiger partial charge in [0.15, 0.2) is 0 Å². The summed E-state index contributed by atoms with van der Waals surface area (Å²) in [6.07, 6.45) is -4.50. The first-order chi connectivity index (χ1) is 6.83. The van der Waals surface area contributed by atoms with Crippen LogP contribution in [0, 0.1) is 5.41 Å². The Balaban J connectivity index is 2.30. The van der Waals surface area contributed by atoms with Crippen LogP contribution in [0.5, 0.6) is 0 Å². The summed E-state index contributed by atoms with van der Waals surface area (Å²) >= 11 is 0. The van der Waals surface area contributed by atoms with Gasteiger partial charge in [-0.25, -0.2) is 0 Å². The first-order valence-corrected chi connectivity index (χ1v) is 4.89. The fourth-order valence-electron chi connectivity index (χ4n) is 1.54. The Bertz CT molecular complexity index is 234. The van der Waals surface area contributed by atoms with E-state index in [-0.39, 0.29) is 12.5 Å². The second-order valence-corrected chi connectivity index (χ2v) is 4.11. The fourth-order valence-corrected chi connectivity index (χ4v) is 1.54. The van der Waals surface area contributed by atoms with Gasteiger partial charge in [-0.15, -0.1) is 0 Å². The summed E-state index contributed by atoms with van der Waals surface area (Å²) in [5, 5.41) is 5.34. The van der Waals surface area contributed by atoms with Gasteiger partial charge in [0.1, 0.15) is 0 Å². The third-order valence-electron chi connectivity index (χ3n) is 2.61. The number of alkyl halides is 3. The minimum atomic E-state index is -4.21. The van der Waals surface area contributed by atoms with Crippen molar-refractivity contribution >= 4 is 5.91 Å². The molecule has 0 aromatic carbocycles. The number of nitrogens with one attached hydrogen (secondary N) is 2. The topological polar surface area (TPSA) is 41.1 Å². The summed E-state index contributed by atoms with van der Waals surface area (Å²) in [7, 11) is 0. The molecule has 88 valence electrons. The van der Waals surface area contributed by atoms with Crippen LogP contribution >= 0.6 is 0 Å². The molecule has 1 amide bonds. The predicted octanol–water partition coefficient (Wildman–Crippen LogP) is 1.05. The van der Waals surface area contributed by atoms with Gasteiger partial charge in [-0.3, -0.25) is 4.79 Å². The molecule has 0 bridgehead atoms. The Hall–Kier alpha value is -0.780. The lowest BCUT2D eigenvalue weighted by atomic mass is 9.89. The Kier molecular flexibility index (Phi) is 3.59. The molecule has 1 atom stereocenters. The first kappa shape index (κ1) is 12.3. The molecule has 0 aliphatic carbocycles. The fraction of sp³-hybridized carbons (Fsp3) is 0.889. The van der Waals surface area contributed by atoms with Crippen LogP contribution in [-0.4, -0.2) is 31.7 Å². The maximum Gasteiger partial charge on any atom is 0.390 e. The van der Waals surface area contributed by atoms with Gasteiger partial charge in [0.05, 0.1) is 11.8 Å². The Morgan fingerprint density at radius 3 is 2.67 bits per heavy atom. The lowest BCUT2D eigenvalue weighted by Gasteiger charge is -2.21. The highest BCUT2D eigenvalue weighted by atomic mass is 19.4. The number of halogens is 3. The molecule has 0 spiro atoms. The van der Waals surface area contributed by atoms with Crippen molar-refractivity contribution in [3.8, 4) is 0 Å². The lowest BCUT2D eigenvalue weighted by molar-refractivity contribution is -0.138. The van der Waals surface area contributed by atoms with Gasteiger partial charge in [0, 0.05) is 13.1 Å². The van der Waals surface area contributed by atoms with E-state index in [9.17, 15) is 18.0 Å². The maximum atomic E-state index is 11.8. The van der Waals surface area contributed by atoms with Crippen LogP contribution in [-0.2, 0) is 4.79 Å². The third kappa shape index (κ3) is 3.70. The van der Waals surface area contributed by atoms with Gasteiger partial charge in [0.25, 0.3) is 0 Å². The van der Waals surface area contributed by atoms with Crippen molar-refractivity contribution in [2.24, 2.45) is 5.41 Å². The van der Waals surface area contributed by atoms with Crippen LogP contribution in [0.3, 0.4) is 0 Å². The van der Waals surface area contributed by atoms with E-state index < -0.39 is 18.0 Å². The number of carbonyl (C=O) groups excluding carboxylic acids is 1. The average Bonchev–Trinajstić information content (AvgIpc) is 2.51. The lowest BCUT2D eigenvalue weighted by Crippen LogP contribution is -2.41. The van der Waals surface area contributed by atoms with Crippen molar-refractivity contribution in [1.29, 1.82) is 0 Å². The molecule has 3 nitrogen and oxygen atoms in total. The van der Waals surface area contributed by atoms with Crippen LogP contribution in [0.25, 0.3) is 0 Å². The molecular formula is C9H15F3N2O. The molecule has 0 saturated carbocycles. The standard InChI is InChI=1S/C9H15F3N2O/c1-8(2-4-13-6-8)7(15)14-5-3-9(10,11)12/h13H,2-6H2,1H3,(H,14,15). The smallest absolute Gasteiger partial charge is 0.355 e. The van der Waals surface area contributed by atoms with E-state index in [1.165, 1.54) is 0 Å². The number of rotatable bonds is 3. The van der Waals surface area contributed by atoms with Crippen molar-refractivity contribution in [2.45, 2.75) is 25.9 Å². The molecule has 1 unspecified atom stereocenters. The zero-order valence-corrected chi connectivity index (χ0v) is 8.58. The Labute approximate surface area is 86.4 Å². The highest BCUT2D eigenvalue weighted by Gasteiger charge is 2.36. The van der Waals surface area contributed by atoms with Gasteiger partial charge in [-0.05, 0) is 19.9 Å². The van der Waals surface area contributed by atoms with Gasteiger partial charge < -0.3 is 10.6 Å². The highest BCUT2D eigenvalue weighted by Crippen LogP contribution is 2.24. The molecule has 1 rings (SSSR count). The quantitative estimate of drug-likeness (QED) is 0.752. The van der Waals surface area contributed by atoms with E-state index in [1.54, 1.807) is 6.92 Å². The van der Waals surface area contributed by atoms with E-state index in [0.29, 0.717) is 13.0 Å².